The van der Waals surface area contributed by atoms with Gasteiger partial charge in [0.25, 0.3) is 0 Å². The van der Waals surface area contributed by atoms with E-state index in [9.17, 15) is 5.11 Å². The first kappa shape index (κ1) is 32.6. The van der Waals surface area contributed by atoms with E-state index in [2.05, 4.69) is 0 Å². The van der Waals surface area contributed by atoms with E-state index >= 15 is 0 Å². The van der Waals surface area contributed by atoms with Crippen molar-refractivity contribution in [3.8, 4) is 0 Å². The molecule has 0 radical (unpaired) electrons. The van der Waals surface area contributed by atoms with Crippen molar-refractivity contribution in [3.63, 3.8) is 0 Å². The van der Waals surface area contributed by atoms with E-state index in [1.165, 1.54) is 0 Å². The average Bonchev–Trinajstić information content (AvgIpc) is 2.83. The van der Waals surface area contributed by atoms with Crippen molar-refractivity contribution in [2.75, 3.05) is 140 Å². The molecule has 0 saturated carbocycles. The number of ether oxygens (including phenoxy) is 10. The first-order valence-corrected chi connectivity index (χ1v) is 11.6. The van der Waals surface area contributed by atoms with Crippen LogP contribution in [-0.2, 0) is 47.4 Å². The van der Waals surface area contributed by atoms with Gasteiger partial charge < -0.3 is 52.5 Å². The summed E-state index contributed by atoms with van der Waals surface area (Å²) in [5.74, 6) is -0.0760. The minimum atomic E-state index is -0.0760. The highest BCUT2D eigenvalue weighted by molar-refractivity contribution is 4.54. The van der Waals surface area contributed by atoms with Crippen LogP contribution in [-0.4, -0.2) is 145 Å². The van der Waals surface area contributed by atoms with E-state index in [4.69, 9.17) is 47.4 Å². The lowest BCUT2D eigenvalue weighted by atomic mass is 10.2. The molecule has 0 unspecified atom stereocenters. The smallest absolute Gasteiger partial charge is 0.0701 e. The number of rotatable bonds is 29. The SMILES string of the molecule is COCCOCCOCCOCCOCC(CO)COCCOCCOCCOCCOC. The molecular weight excluding hydrogens is 440 g/mol. The minimum absolute atomic E-state index is 0.00228. The number of methoxy groups -OCH3 is 2. The van der Waals surface area contributed by atoms with E-state index in [0.29, 0.717) is 119 Å². The van der Waals surface area contributed by atoms with Crippen LogP contribution in [0, 0.1) is 5.92 Å². The third-order valence-electron chi connectivity index (χ3n) is 4.06. The molecule has 0 rings (SSSR count). The molecule has 0 amide bonds. The van der Waals surface area contributed by atoms with Gasteiger partial charge in [-0.25, -0.2) is 0 Å². The fourth-order valence-corrected chi connectivity index (χ4v) is 2.26. The Hall–Kier alpha value is -0.440. The zero-order valence-corrected chi connectivity index (χ0v) is 20.5. The number of hydrogen-bond acceptors (Lipinski definition) is 11. The molecule has 0 fully saturated rings. The fraction of sp³-hybridized carbons (Fsp3) is 1.00. The largest absolute Gasteiger partial charge is 0.396 e. The van der Waals surface area contributed by atoms with Crippen LogP contribution in [0.3, 0.4) is 0 Å². The van der Waals surface area contributed by atoms with Gasteiger partial charge in [0.15, 0.2) is 0 Å². The number of aliphatic hydroxyl groups excluding tert-OH is 1. The Morgan fingerprint density at radius 1 is 0.394 bits per heavy atom. The third kappa shape index (κ3) is 27.7. The Bertz CT molecular complexity index is 320. The van der Waals surface area contributed by atoms with E-state index < -0.39 is 0 Å². The second-order valence-corrected chi connectivity index (χ2v) is 6.86. The van der Waals surface area contributed by atoms with Crippen LogP contribution < -0.4 is 0 Å². The average molecular weight is 487 g/mol. The highest BCUT2D eigenvalue weighted by atomic mass is 16.6. The van der Waals surface area contributed by atoms with Crippen LogP contribution in [0.5, 0.6) is 0 Å². The monoisotopic (exact) mass is 486 g/mol. The van der Waals surface area contributed by atoms with Gasteiger partial charge in [0, 0.05) is 20.1 Å². The van der Waals surface area contributed by atoms with E-state index in [1.54, 1.807) is 14.2 Å². The summed E-state index contributed by atoms with van der Waals surface area (Å²) in [5, 5.41) is 9.42. The van der Waals surface area contributed by atoms with E-state index in [1.807, 2.05) is 0 Å². The molecular formula is C22H46O11. The van der Waals surface area contributed by atoms with Crippen LogP contribution in [0.2, 0.25) is 0 Å². The van der Waals surface area contributed by atoms with Crippen molar-refractivity contribution in [3.05, 3.63) is 0 Å². The molecule has 1 N–H and O–H groups in total. The fourth-order valence-electron chi connectivity index (χ4n) is 2.26. The van der Waals surface area contributed by atoms with Crippen LogP contribution >= 0.6 is 0 Å². The maximum absolute atomic E-state index is 9.42. The molecule has 11 nitrogen and oxygen atoms in total. The van der Waals surface area contributed by atoms with Gasteiger partial charge in [-0.3, -0.25) is 0 Å². The lowest BCUT2D eigenvalue weighted by molar-refractivity contribution is -0.0321. The molecule has 0 aliphatic heterocycles. The molecule has 200 valence electrons. The molecule has 0 aromatic carbocycles. The Morgan fingerprint density at radius 3 is 0.879 bits per heavy atom. The quantitative estimate of drug-likeness (QED) is 0.144. The molecule has 0 spiro atoms. The van der Waals surface area contributed by atoms with Gasteiger partial charge in [0.2, 0.25) is 0 Å². The number of aliphatic hydroxyl groups is 1. The molecule has 0 heterocycles. The molecule has 33 heavy (non-hydrogen) atoms. The second kappa shape index (κ2) is 29.6. The Balaban J connectivity index is 3.26. The summed E-state index contributed by atoms with van der Waals surface area (Å²) < 4.78 is 53.0. The van der Waals surface area contributed by atoms with E-state index in [0.717, 1.165) is 0 Å². The summed E-state index contributed by atoms with van der Waals surface area (Å²) in [6.45, 7) is 9.19. The van der Waals surface area contributed by atoms with Crippen LogP contribution in [0.4, 0.5) is 0 Å². The molecule has 0 aromatic rings. The van der Waals surface area contributed by atoms with Gasteiger partial charge in [-0.1, -0.05) is 0 Å². The van der Waals surface area contributed by atoms with Crippen molar-refractivity contribution in [1.82, 2.24) is 0 Å². The summed E-state index contributed by atoms with van der Waals surface area (Å²) in [6.07, 6.45) is 0. The van der Waals surface area contributed by atoms with E-state index in [-0.39, 0.29) is 12.5 Å². The van der Waals surface area contributed by atoms with Crippen molar-refractivity contribution in [2.24, 2.45) is 5.92 Å². The van der Waals surface area contributed by atoms with Crippen molar-refractivity contribution >= 4 is 0 Å². The van der Waals surface area contributed by atoms with Gasteiger partial charge in [0.05, 0.1) is 126 Å². The highest BCUT2D eigenvalue weighted by Gasteiger charge is 2.08. The Labute approximate surface area is 198 Å². The summed E-state index contributed by atoms with van der Waals surface area (Å²) in [7, 11) is 3.28. The van der Waals surface area contributed by atoms with Gasteiger partial charge >= 0.3 is 0 Å². The third-order valence-corrected chi connectivity index (χ3v) is 4.06. The molecule has 0 aliphatic carbocycles. The predicted octanol–water partition coefficient (Wildman–Crippen LogP) is 0.0205. The highest BCUT2D eigenvalue weighted by Crippen LogP contribution is 1.98. The molecule has 0 atom stereocenters. The van der Waals surface area contributed by atoms with Crippen LogP contribution in [0.25, 0.3) is 0 Å². The standard InChI is InChI=1S/C22H46O11/c1-24-3-5-26-7-9-28-11-13-30-15-17-32-20-22(19-23)21-33-18-16-31-14-12-29-10-8-27-6-4-25-2/h22-23H,3-21H2,1-2H3. The predicted molar refractivity (Wildman–Crippen MR) is 121 cm³/mol. The van der Waals surface area contributed by atoms with Crippen molar-refractivity contribution in [2.45, 2.75) is 0 Å². The Morgan fingerprint density at radius 2 is 0.636 bits per heavy atom. The zero-order valence-electron chi connectivity index (χ0n) is 20.5. The first-order valence-electron chi connectivity index (χ1n) is 11.6. The Kier molecular flexibility index (Phi) is 29.2. The van der Waals surface area contributed by atoms with Gasteiger partial charge in [0.1, 0.15) is 0 Å². The maximum atomic E-state index is 9.42. The molecule has 0 bridgehead atoms. The molecule has 0 aliphatic rings. The number of hydrogen-bond donors (Lipinski definition) is 1. The summed E-state index contributed by atoms with van der Waals surface area (Å²) in [5.41, 5.74) is 0. The lowest BCUT2D eigenvalue weighted by Crippen LogP contribution is -2.22. The topological polar surface area (TPSA) is 113 Å². The summed E-state index contributed by atoms with van der Waals surface area (Å²) in [4.78, 5) is 0. The van der Waals surface area contributed by atoms with Gasteiger partial charge in [-0.15, -0.1) is 0 Å². The van der Waals surface area contributed by atoms with Crippen molar-refractivity contribution in [1.29, 1.82) is 0 Å². The minimum Gasteiger partial charge on any atom is -0.396 e. The van der Waals surface area contributed by atoms with Crippen LogP contribution in [0.1, 0.15) is 0 Å². The van der Waals surface area contributed by atoms with Gasteiger partial charge in [-0.2, -0.15) is 0 Å². The zero-order chi connectivity index (χ0) is 24.1. The molecule has 0 aromatic heterocycles. The maximum Gasteiger partial charge on any atom is 0.0701 e. The van der Waals surface area contributed by atoms with Gasteiger partial charge in [-0.05, 0) is 0 Å². The lowest BCUT2D eigenvalue weighted by Gasteiger charge is -2.15. The second-order valence-electron chi connectivity index (χ2n) is 6.86. The van der Waals surface area contributed by atoms with Crippen LogP contribution in [0.15, 0.2) is 0 Å². The summed E-state index contributed by atoms with van der Waals surface area (Å²) in [6, 6.07) is 0. The molecule has 0 saturated heterocycles. The molecule has 11 heteroatoms. The van der Waals surface area contributed by atoms with Crippen molar-refractivity contribution < 1.29 is 52.5 Å². The summed E-state index contributed by atoms with van der Waals surface area (Å²) >= 11 is 0. The normalized spacial score (nSPS) is 11.6. The first-order chi connectivity index (χ1) is 16.3.